The third kappa shape index (κ3) is 13.8. The fourth-order valence-corrected chi connectivity index (χ4v) is 6.93. The molecule has 0 fully saturated rings. The minimum atomic E-state index is -1.90. The van der Waals surface area contributed by atoms with Gasteiger partial charge in [0.05, 0.1) is 24.2 Å². The molecule has 60 heavy (non-hydrogen) atoms. The van der Waals surface area contributed by atoms with Gasteiger partial charge in [0, 0.05) is 0 Å². The molecule has 12 nitrogen and oxygen atoms in total. The molecular weight excluding hydrogens is 761 g/mol. The Labute approximate surface area is 354 Å². The number of aryl methyl sites for hydroxylation is 2. The summed E-state index contributed by atoms with van der Waals surface area (Å²) < 4.78 is 11.4. The van der Waals surface area contributed by atoms with E-state index in [-0.39, 0.29) is 26.1 Å². The third-order valence-corrected chi connectivity index (χ3v) is 10.7. The molecule has 0 spiro atoms. The van der Waals surface area contributed by atoms with Gasteiger partial charge in [-0.2, -0.15) is 0 Å². The second kappa shape index (κ2) is 24.0. The highest BCUT2D eigenvalue weighted by Crippen LogP contribution is 2.27. The molecule has 0 unspecified atom stereocenters. The molecule has 0 aliphatic heterocycles. The maximum absolute atomic E-state index is 14.3. The lowest BCUT2D eigenvalue weighted by Crippen LogP contribution is -2.63. The van der Waals surface area contributed by atoms with Gasteiger partial charge in [-0.3, -0.25) is 9.59 Å². The number of nitrogens with two attached hydrogens (primary N) is 2. The van der Waals surface area contributed by atoms with Crippen LogP contribution in [0, 0.1) is 11.8 Å². The summed E-state index contributed by atoms with van der Waals surface area (Å²) in [5.41, 5.74) is 16.1. The first-order valence-corrected chi connectivity index (χ1v) is 20.8. The fourth-order valence-electron chi connectivity index (χ4n) is 6.93. The summed E-state index contributed by atoms with van der Waals surface area (Å²) in [6.07, 6.45) is -4.15. The summed E-state index contributed by atoms with van der Waals surface area (Å²) >= 11 is 0. The maximum Gasteiger partial charge on any atom is 0.417 e. The van der Waals surface area contributed by atoms with E-state index in [1.807, 2.05) is 72.8 Å². The van der Waals surface area contributed by atoms with Crippen molar-refractivity contribution in [3.8, 4) is 0 Å². The number of imide groups is 2. The topological polar surface area (TPSA) is 186 Å². The monoisotopic (exact) mass is 822 g/mol. The molecule has 12 heteroatoms. The molecule has 0 radical (unpaired) electrons. The first kappa shape index (κ1) is 47.3. The van der Waals surface area contributed by atoms with Crippen LogP contribution in [0.3, 0.4) is 0 Å². The van der Waals surface area contributed by atoms with Crippen LogP contribution in [0.15, 0.2) is 121 Å². The summed E-state index contributed by atoms with van der Waals surface area (Å²) in [7, 11) is 0. The van der Waals surface area contributed by atoms with Crippen molar-refractivity contribution in [1.29, 1.82) is 0 Å². The molecule has 4 rings (SSSR count). The lowest BCUT2D eigenvalue weighted by molar-refractivity contribution is -0.146. The molecule has 6 atom stereocenters. The summed E-state index contributed by atoms with van der Waals surface area (Å²) in [4.78, 5) is 58.7. The van der Waals surface area contributed by atoms with Gasteiger partial charge >= 0.3 is 12.2 Å². The van der Waals surface area contributed by atoms with Crippen LogP contribution in [0.1, 0.15) is 75.6 Å². The number of benzene rings is 4. The molecule has 0 saturated carbocycles. The van der Waals surface area contributed by atoms with Gasteiger partial charge in [-0.05, 0) is 72.6 Å². The van der Waals surface area contributed by atoms with Crippen molar-refractivity contribution in [1.82, 2.24) is 9.80 Å². The van der Waals surface area contributed by atoms with Crippen LogP contribution in [0.2, 0.25) is 0 Å². The van der Waals surface area contributed by atoms with Gasteiger partial charge in [-0.25, -0.2) is 19.4 Å². The lowest BCUT2D eigenvalue weighted by atomic mass is 9.89. The van der Waals surface area contributed by atoms with E-state index in [1.165, 1.54) is 0 Å². The van der Waals surface area contributed by atoms with E-state index in [2.05, 4.69) is 0 Å². The first-order chi connectivity index (χ1) is 28.8. The SMILES string of the molecule is CC(C)[C@H](N)C(=O)N(C(=O)OCc1ccccc1)[C@@H](CCCc1ccccc1)[C@@H](O)[C@H](O)[C@H](CCCc1ccccc1)N(C(=O)OCc1ccccc1)C(=O)[C@@H](N)C(C)C. The average Bonchev–Trinajstić information content (AvgIpc) is 3.26. The molecule has 4 amide bonds. The maximum atomic E-state index is 14.3. The zero-order chi connectivity index (χ0) is 43.6. The van der Waals surface area contributed by atoms with E-state index < -0.39 is 72.2 Å². The van der Waals surface area contributed by atoms with Gasteiger partial charge in [0.2, 0.25) is 11.8 Å². The highest BCUT2D eigenvalue weighted by atomic mass is 16.6. The largest absolute Gasteiger partial charge is 0.444 e. The number of hydrogen-bond donors (Lipinski definition) is 4. The molecule has 0 heterocycles. The summed E-state index contributed by atoms with van der Waals surface area (Å²) in [5, 5.41) is 25.0. The van der Waals surface area contributed by atoms with Crippen LogP contribution in [0.5, 0.6) is 0 Å². The van der Waals surface area contributed by atoms with Crippen molar-refractivity contribution < 1.29 is 38.9 Å². The van der Waals surface area contributed by atoms with E-state index in [4.69, 9.17) is 20.9 Å². The van der Waals surface area contributed by atoms with Crippen LogP contribution >= 0.6 is 0 Å². The van der Waals surface area contributed by atoms with Crippen molar-refractivity contribution in [3.63, 3.8) is 0 Å². The van der Waals surface area contributed by atoms with E-state index in [0.717, 1.165) is 20.9 Å². The zero-order valence-electron chi connectivity index (χ0n) is 35.2. The number of aliphatic hydroxyl groups is 2. The third-order valence-electron chi connectivity index (χ3n) is 10.7. The zero-order valence-corrected chi connectivity index (χ0v) is 35.2. The van der Waals surface area contributed by atoms with Gasteiger partial charge < -0.3 is 31.2 Å². The second-order valence-corrected chi connectivity index (χ2v) is 15.9. The van der Waals surface area contributed by atoms with Crippen molar-refractivity contribution >= 4 is 24.0 Å². The molecule has 0 saturated heterocycles. The Bertz CT molecular complexity index is 1760. The fraction of sp³-hybridized carbons (Fsp3) is 0.417. The normalized spacial score (nSPS) is 14.4. The Kier molecular flexibility index (Phi) is 18.9. The highest BCUT2D eigenvalue weighted by Gasteiger charge is 2.46. The van der Waals surface area contributed by atoms with Crippen molar-refractivity contribution in [3.05, 3.63) is 144 Å². The van der Waals surface area contributed by atoms with E-state index in [0.29, 0.717) is 36.8 Å². The van der Waals surface area contributed by atoms with Crippen LogP contribution < -0.4 is 11.5 Å². The molecule has 4 aromatic rings. The average molecular weight is 823 g/mol. The number of rotatable bonds is 21. The standard InChI is InChI=1S/C48H62N4O8/c1-33(2)41(49)45(55)51(47(57)59-31-37-23-13-7-14-24-37)39(29-17-27-35-19-9-5-10-20-35)43(53)44(54)40(30-18-28-36-21-11-6-12-22-36)52(46(56)42(50)34(3)4)48(58)60-32-38-25-15-8-16-26-38/h5-16,19-26,33-34,39-44,53-54H,17-18,27-32,49-50H2,1-4H3/t39-,40-,41-,42-,43+,44+/m0/s1. The van der Waals surface area contributed by atoms with Gasteiger partial charge in [-0.15, -0.1) is 0 Å². The predicted octanol–water partition coefficient (Wildman–Crippen LogP) is 6.79. The first-order valence-electron chi connectivity index (χ1n) is 20.8. The van der Waals surface area contributed by atoms with Crippen molar-refractivity contribution in [2.24, 2.45) is 23.3 Å². The number of aliphatic hydroxyl groups excluding tert-OH is 2. The van der Waals surface area contributed by atoms with Crippen LogP contribution in [0.25, 0.3) is 0 Å². The van der Waals surface area contributed by atoms with Gasteiger partial charge in [0.25, 0.3) is 0 Å². The number of nitrogens with zero attached hydrogens (tertiary/aromatic N) is 2. The van der Waals surface area contributed by atoms with Gasteiger partial charge in [0.15, 0.2) is 0 Å². The Morgan fingerprint density at radius 2 is 0.783 bits per heavy atom. The Balaban J connectivity index is 1.79. The van der Waals surface area contributed by atoms with Crippen LogP contribution in [-0.4, -0.2) is 80.4 Å². The minimum absolute atomic E-state index is 0.0127. The number of hydrogen-bond acceptors (Lipinski definition) is 10. The predicted molar refractivity (Wildman–Crippen MR) is 231 cm³/mol. The van der Waals surface area contributed by atoms with Crippen LogP contribution in [0.4, 0.5) is 9.59 Å². The van der Waals surface area contributed by atoms with E-state index >= 15 is 0 Å². The quantitative estimate of drug-likeness (QED) is 0.0698. The molecule has 0 aliphatic carbocycles. The summed E-state index contributed by atoms with van der Waals surface area (Å²) in [5.74, 6) is -2.44. The second-order valence-electron chi connectivity index (χ2n) is 15.9. The molecular formula is C48H62N4O8. The highest BCUT2D eigenvalue weighted by molar-refractivity contribution is 5.96. The lowest BCUT2D eigenvalue weighted by Gasteiger charge is -2.41. The van der Waals surface area contributed by atoms with E-state index in [1.54, 1.807) is 76.2 Å². The summed E-state index contributed by atoms with van der Waals surface area (Å²) in [6, 6.07) is 31.8. The Hall–Kier alpha value is -5.40. The summed E-state index contributed by atoms with van der Waals surface area (Å²) in [6.45, 7) is 6.57. The molecule has 6 N–H and O–H groups in total. The number of carbonyl (C=O) groups is 4. The number of carbonyl (C=O) groups excluding carboxylic acids is 4. The van der Waals surface area contributed by atoms with Crippen molar-refractivity contribution in [2.45, 2.75) is 116 Å². The van der Waals surface area contributed by atoms with Gasteiger partial charge in [0.1, 0.15) is 25.4 Å². The van der Waals surface area contributed by atoms with Crippen molar-refractivity contribution in [2.75, 3.05) is 0 Å². The molecule has 0 aliphatic rings. The molecule has 0 bridgehead atoms. The molecule has 0 aromatic heterocycles. The van der Waals surface area contributed by atoms with Gasteiger partial charge in [-0.1, -0.05) is 149 Å². The Morgan fingerprint density at radius 3 is 1.07 bits per heavy atom. The minimum Gasteiger partial charge on any atom is -0.444 e. The molecule has 322 valence electrons. The van der Waals surface area contributed by atoms with Crippen LogP contribution in [-0.2, 0) is 45.1 Å². The smallest absolute Gasteiger partial charge is 0.417 e. The number of ether oxygens (including phenoxy) is 2. The van der Waals surface area contributed by atoms with E-state index in [9.17, 15) is 29.4 Å². The Morgan fingerprint density at radius 1 is 0.500 bits per heavy atom. The number of amides is 4. The molecule has 4 aromatic carbocycles.